The van der Waals surface area contributed by atoms with Crippen LogP contribution in [0.25, 0.3) is 11.3 Å². The molecule has 2 atom stereocenters. The zero-order valence-corrected chi connectivity index (χ0v) is 21.3. The molecule has 39 heavy (non-hydrogen) atoms. The van der Waals surface area contributed by atoms with Gasteiger partial charge < -0.3 is 26.0 Å². The molecule has 4 N–H and O–H groups in total. The van der Waals surface area contributed by atoms with Crippen LogP contribution in [0.5, 0.6) is 5.88 Å². The van der Waals surface area contributed by atoms with Crippen molar-refractivity contribution in [2.75, 3.05) is 30.7 Å². The number of anilines is 2. The summed E-state index contributed by atoms with van der Waals surface area (Å²) >= 11 is 0. The third-order valence-corrected chi connectivity index (χ3v) is 6.98. The van der Waals surface area contributed by atoms with Crippen molar-refractivity contribution in [3.63, 3.8) is 0 Å². The molecule has 0 aliphatic carbocycles. The number of hydrogen-bond donors (Lipinski definition) is 3. The second-order valence-corrected chi connectivity index (χ2v) is 9.58. The van der Waals surface area contributed by atoms with Crippen LogP contribution < -0.4 is 21.1 Å². The number of nitrogen functional groups attached to an aromatic ring is 1. The van der Waals surface area contributed by atoms with Crippen LogP contribution in [0.2, 0.25) is 0 Å². The number of nitrogens with one attached hydrogen (secondary N) is 2. The lowest BCUT2D eigenvalue weighted by Crippen LogP contribution is -2.57. The highest BCUT2D eigenvalue weighted by molar-refractivity contribution is 6.03. The van der Waals surface area contributed by atoms with Gasteiger partial charge in [-0.05, 0) is 31.5 Å². The Morgan fingerprint density at radius 2 is 2.03 bits per heavy atom. The number of carbonyl (C=O) groups excluding carboxylic acids is 1. The average molecular weight is 552 g/mol. The van der Waals surface area contributed by atoms with Gasteiger partial charge in [-0.2, -0.15) is 18.3 Å². The van der Waals surface area contributed by atoms with Gasteiger partial charge in [-0.3, -0.25) is 9.48 Å². The molecule has 14 heteroatoms. The number of rotatable bonds is 4. The predicted molar refractivity (Wildman–Crippen MR) is 132 cm³/mol. The number of pyridine rings is 1. The third-order valence-electron chi connectivity index (χ3n) is 6.98. The minimum atomic E-state index is -5.06. The summed E-state index contributed by atoms with van der Waals surface area (Å²) in [5.41, 5.74) is 1.12. The molecule has 0 radical (unpaired) electrons. The number of alkyl halides is 3. The summed E-state index contributed by atoms with van der Waals surface area (Å²) < 4.78 is 80.8. The van der Waals surface area contributed by atoms with Crippen molar-refractivity contribution >= 4 is 17.3 Å². The van der Waals surface area contributed by atoms with E-state index in [1.54, 1.807) is 31.1 Å². The number of aromatic nitrogens is 3. The van der Waals surface area contributed by atoms with Crippen molar-refractivity contribution in [1.82, 2.24) is 25.0 Å². The predicted octanol–water partition coefficient (Wildman–Crippen LogP) is 3.48. The number of hydrogen-bond acceptors (Lipinski definition) is 7. The van der Waals surface area contributed by atoms with Crippen molar-refractivity contribution in [3.05, 3.63) is 52.3 Å². The highest BCUT2D eigenvalue weighted by Gasteiger charge is 2.43. The molecule has 5 rings (SSSR count). The van der Waals surface area contributed by atoms with Gasteiger partial charge >= 0.3 is 6.18 Å². The highest BCUT2D eigenvalue weighted by atomic mass is 19.4. The Morgan fingerprint density at radius 1 is 1.28 bits per heavy atom. The molecule has 2 aromatic heterocycles. The zero-order chi connectivity index (χ0) is 28.2. The Hall–Kier alpha value is -3.94. The van der Waals surface area contributed by atoms with E-state index < -0.39 is 69.6 Å². The van der Waals surface area contributed by atoms with Gasteiger partial charge in [0, 0.05) is 38.4 Å². The van der Waals surface area contributed by atoms with Gasteiger partial charge in [0.25, 0.3) is 5.91 Å². The highest BCUT2D eigenvalue weighted by Crippen LogP contribution is 2.45. The Labute approximate surface area is 220 Å². The fourth-order valence-corrected chi connectivity index (χ4v) is 5.07. The minimum Gasteiger partial charge on any atom is -0.472 e. The fraction of sp³-hybridized carbons (Fsp3) is 0.400. The second-order valence-electron chi connectivity index (χ2n) is 9.58. The topological polar surface area (TPSA) is 110 Å². The van der Waals surface area contributed by atoms with Crippen molar-refractivity contribution < 1.29 is 31.5 Å². The first kappa shape index (κ1) is 26.7. The van der Waals surface area contributed by atoms with Gasteiger partial charge in [0.2, 0.25) is 5.88 Å². The number of nitrogens with two attached hydrogens (primary N) is 1. The van der Waals surface area contributed by atoms with Crippen LogP contribution in [0.1, 0.15) is 34.1 Å². The van der Waals surface area contributed by atoms with Gasteiger partial charge in [0.05, 0.1) is 35.2 Å². The van der Waals surface area contributed by atoms with Crippen LogP contribution in [-0.2, 0) is 19.8 Å². The van der Waals surface area contributed by atoms with Crippen molar-refractivity contribution in [2.45, 2.75) is 38.7 Å². The SMILES string of the molecule is Cc1c(F)c(N)cc(-c2nc3c(c(NCc4ccn(C)n4)c2F)C(=O)N2CCNC[C@@H]2C(C)O3)c1C(F)(F)F. The molecule has 9 nitrogen and oxygen atoms in total. The molecule has 1 unspecified atom stereocenters. The summed E-state index contributed by atoms with van der Waals surface area (Å²) in [7, 11) is 1.68. The number of aryl methyl sites for hydroxylation is 1. The molecule has 0 saturated carbocycles. The van der Waals surface area contributed by atoms with Crippen LogP contribution in [0.3, 0.4) is 0 Å². The molecule has 2 aliphatic rings. The van der Waals surface area contributed by atoms with Crippen LogP contribution in [-0.4, -0.2) is 57.4 Å². The molecule has 1 fully saturated rings. The van der Waals surface area contributed by atoms with E-state index in [-0.39, 0.29) is 18.0 Å². The number of benzene rings is 1. The van der Waals surface area contributed by atoms with E-state index in [2.05, 4.69) is 20.7 Å². The molecule has 1 amide bonds. The summed E-state index contributed by atoms with van der Waals surface area (Å²) in [6, 6.07) is 1.93. The molecule has 3 aromatic rings. The lowest BCUT2D eigenvalue weighted by atomic mass is 9.95. The number of carbonyl (C=O) groups is 1. The molecule has 4 heterocycles. The quantitative estimate of drug-likeness (QED) is 0.337. The molecule has 1 aromatic carbocycles. The van der Waals surface area contributed by atoms with E-state index in [0.29, 0.717) is 31.4 Å². The number of piperazine rings is 1. The van der Waals surface area contributed by atoms with E-state index >= 15 is 4.39 Å². The maximum Gasteiger partial charge on any atom is 0.417 e. The van der Waals surface area contributed by atoms with E-state index in [0.717, 1.165) is 6.92 Å². The summed E-state index contributed by atoms with van der Waals surface area (Å²) in [5, 5.41) is 10.2. The summed E-state index contributed by atoms with van der Waals surface area (Å²) in [6.07, 6.45) is -4.03. The van der Waals surface area contributed by atoms with E-state index in [9.17, 15) is 22.4 Å². The maximum atomic E-state index is 16.3. The zero-order valence-electron chi connectivity index (χ0n) is 21.3. The van der Waals surface area contributed by atoms with Crippen LogP contribution in [0.15, 0.2) is 18.3 Å². The Bertz CT molecular complexity index is 1460. The number of amides is 1. The molecular weight excluding hydrogens is 525 g/mol. The largest absolute Gasteiger partial charge is 0.472 e. The Morgan fingerprint density at radius 3 is 2.69 bits per heavy atom. The lowest BCUT2D eigenvalue weighted by molar-refractivity contribution is -0.137. The molecule has 0 spiro atoms. The third kappa shape index (κ3) is 4.62. The normalized spacial score (nSPS) is 19.3. The summed E-state index contributed by atoms with van der Waals surface area (Å²) in [6.45, 7) is 3.76. The number of fused-ring (bicyclic) bond motifs is 2. The van der Waals surface area contributed by atoms with Gasteiger partial charge in [-0.15, -0.1) is 0 Å². The Kier molecular flexibility index (Phi) is 6.61. The van der Waals surface area contributed by atoms with Gasteiger partial charge in [-0.25, -0.2) is 13.8 Å². The number of ether oxygens (including phenoxy) is 1. The van der Waals surface area contributed by atoms with Crippen LogP contribution in [0, 0.1) is 18.6 Å². The first-order valence-electron chi connectivity index (χ1n) is 12.2. The standard InChI is InChI=1S/C25H26F5N7O2/c1-11-18(25(28,29)30)14(8-15(31)19(11)26)21-20(27)22(33-9-13-4-6-36(3)35-13)17-23(34-21)39-12(2)16-10-32-5-7-37(16)24(17)38/h4,6,8,12,16,32H,5,7,9-10,31H2,1-3H3,(H,33,34)/t12?,16-/m1/s1. The maximum absolute atomic E-state index is 16.3. The summed E-state index contributed by atoms with van der Waals surface area (Å²) in [4.78, 5) is 19.4. The molecule has 0 bridgehead atoms. The monoisotopic (exact) mass is 551 g/mol. The van der Waals surface area contributed by atoms with Crippen molar-refractivity contribution in [2.24, 2.45) is 7.05 Å². The Balaban J connectivity index is 1.76. The van der Waals surface area contributed by atoms with E-state index in [4.69, 9.17) is 10.5 Å². The molecule has 1 saturated heterocycles. The number of halogens is 5. The average Bonchev–Trinajstić information content (AvgIpc) is 3.26. The number of nitrogens with zero attached hydrogens (tertiary/aromatic N) is 4. The first-order valence-corrected chi connectivity index (χ1v) is 12.2. The molecule has 2 aliphatic heterocycles. The van der Waals surface area contributed by atoms with Crippen LogP contribution >= 0.6 is 0 Å². The molecule has 208 valence electrons. The second kappa shape index (κ2) is 9.67. The minimum absolute atomic E-state index is 0.0574. The smallest absolute Gasteiger partial charge is 0.417 e. The van der Waals surface area contributed by atoms with Gasteiger partial charge in [0.15, 0.2) is 5.82 Å². The van der Waals surface area contributed by atoms with Crippen molar-refractivity contribution in [3.8, 4) is 17.1 Å². The van der Waals surface area contributed by atoms with Crippen LogP contribution in [0.4, 0.5) is 33.3 Å². The summed E-state index contributed by atoms with van der Waals surface area (Å²) in [5.74, 6) is -3.42. The van der Waals surface area contributed by atoms with E-state index in [1.807, 2.05) is 0 Å². The fourth-order valence-electron chi connectivity index (χ4n) is 5.07. The van der Waals surface area contributed by atoms with E-state index in [1.165, 1.54) is 4.68 Å². The van der Waals surface area contributed by atoms with Gasteiger partial charge in [0.1, 0.15) is 23.2 Å². The first-order chi connectivity index (χ1) is 18.4. The van der Waals surface area contributed by atoms with Crippen molar-refractivity contribution in [1.29, 1.82) is 0 Å². The molecular formula is C25H26F5N7O2. The van der Waals surface area contributed by atoms with Gasteiger partial charge in [-0.1, -0.05) is 0 Å². The lowest BCUT2D eigenvalue weighted by Gasteiger charge is -2.36.